The van der Waals surface area contributed by atoms with Crippen LogP contribution < -0.4 is 21.7 Å². The van der Waals surface area contributed by atoms with Crippen molar-refractivity contribution in [2.75, 3.05) is 6.54 Å². The maximum Gasteiger partial charge on any atom is 0.407 e. The average molecular weight is 618 g/mol. The number of hydrogen-bond donors (Lipinski definition) is 5. The van der Waals surface area contributed by atoms with Gasteiger partial charge in [-0.05, 0) is 41.2 Å². The van der Waals surface area contributed by atoms with E-state index in [9.17, 15) is 14.4 Å². The average Bonchev–Trinajstić information content (AvgIpc) is 3.49. The number of aromatic nitrogens is 1. The fraction of sp³-hybridized carbons (Fsp3) is 0.216. The number of para-hydroxylation sites is 1. The Balaban J connectivity index is 1.26. The van der Waals surface area contributed by atoms with Crippen LogP contribution in [0.4, 0.5) is 4.79 Å². The van der Waals surface area contributed by atoms with Gasteiger partial charge in [-0.15, -0.1) is 0 Å². The third-order valence-corrected chi connectivity index (χ3v) is 7.74. The van der Waals surface area contributed by atoms with Crippen molar-refractivity contribution in [3.05, 3.63) is 144 Å². The van der Waals surface area contributed by atoms with E-state index in [1.54, 1.807) is 0 Å². The van der Waals surface area contributed by atoms with Gasteiger partial charge >= 0.3 is 6.09 Å². The summed E-state index contributed by atoms with van der Waals surface area (Å²) in [6, 6.07) is 34.1. The Bertz CT molecular complexity index is 1710. The van der Waals surface area contributed by atoms with E-state index in [0.717, 1.165) is 33.2 Å². The molecule has 0 radical (unpaired) electrons. The topological polar surface area (TPSA) is 138 Å². The molecule has 0 aliphatic heterocycles. The van der Waals surface area contributed by atoms with E-state index in [1.165, 1.54) is 0 Å². The molecule has 5 rings (SSSR count). The summed E-state index contributed by atoms with van der Waals surface area (Å²) < 4.78 is 5.37. The normalized spacial score (nSPS) is 12.9. The molecule has 0 aliphatic rings. The second-order valence-corrected chi connectivity index (χ2v) is 11.3. The first-order chi connectivity index (χ1) is 22.4. The second-order valence-electron chi connectivity index (χ2n) is 11.3. The standard InChI is InChI=1S/C37H39N5O4/c38-32(22-29-23-39-33-19-11-10-18-31(29)33)35(43)42-34(21-27-14-6-2-7-15-27)36(44)41-30(20-26-12-4-1-5-13-26)24-40-37(45)46-25-28-16-8-3-9-17-28/h1-19,23,30,32,34,39H,20-22,24-25,38H2,(H,40,45)(H,41,44)(H,42,43)/t30-,32+,34+/m1/s1. The first-order valence-corrected chi connectivity index (χ1v) is 15.4. The smallest absolute Gasteiger partial charge is 0.407 e. The minimum absolute atomic E-state index is 0.125. The molecule has 9 nitrogen and oxygen atoms in total. The number of rotatable bonds is 14. The van der Waals surface area contributed by atoms with Crippen LogP contribution in [0.2, 0.25) is 0 Å². The summed E-state index contributed by atoms with van der Waals surface area (Å²) in [7, 11) is 0. The van der Waals surface area contributed by atoms with Gasteiger partial charge in [0, 0.05) is 30.1 Å². The minimum atomic E-state index is -0.896. The lowest BCUT2D eigenvalue weighted by Gasteiger charge is -2.25. The van der Waals surface area contributed by atoms with Gasteiger partial charge in [0.15, 0.2) is 0 Å². The number of benzene rings is 4. The summed E-state index contributed by atoms with van der Waals surface area (Å²) in [5, 5.41) is 9.74. The van der Waals surface area contributed by atoms with Crippen LogP contribution in [0.5, 0.6) is 0 Å². The summed E-state index contributed by atoms with van der Waals surface area (Å²) in [6.45, 7) is 0.257. The highest BCUT2D eigenvalue weighted by Gasteiger charge is 2.27. The summed E-state index contributed by atoms with van der Waals surface area (Å²) in [5.41, 5.74) is 11.0. The van der Waals surface area contributed by atoms with Crippen molar-refractivity contribution in [3.63, 3.8) is 0 Å². The van der Waals surface area contributed by atoms with Crippen molar-refractivity contribution in [3.8, 4) is 0 Å². The van der Waals surface area contributed by atoms with Gasteiger partial charge in [0.2, 0.25) is 11.8 Å². The molecular weight excluding hydrogens is 578 g/mol. The van der Waals surface area contributed by atoms with Crippen LogP contribution in [0.25, 0.3) is 10.9 Å². The van der Waals surface area contributed by atoms with Crippen LogP contribution >= 0.6 is 0 Å². The number of carbonyl (C=O) groups excluding carboxylic acids is 3. The molecule has 0 aliphatic carbocycles. The quantitative estimate of drug-likeness (QED) is 0.126. The number of ether oxygens (including phenoxy) is 1. The molecule has 0 bridgehead atoms. The molecule has 1 aromatic heterocycles. The predicted molar refractivity (Wildman–Crippen MR) is 179 cm³/mol. The summed E-state index contributed by atoms with van der Waals surface area (Å²) >= 11 is 0. The van der Waals surface area contributed by atoms with Crippen LogP contribution in [0.15, 0.2) is 121 Å². The summed E-state index contributed by atoms with van der Waals surface area (Å²) in [6.07, 6.45) is 2.30. The molecule has 0 fully saturated rings. The van der Waals surface area contributed by atoms with Gasteiger partial charge in [0.1, 0.15) is 12.6 Å². The number of H-pyrrole nitrogens is 1. The minimum Gasteiger partial charge on any atom is -0.445 e. The highest BCUT2D eigenvalue weighted by atomic mass is 16.5. The van der Waals surface area contributed by atoms with Gasteiger partial charge < -0.3 is 31.4 Å². The summed E-state index contributed by atoms with van der Waals surface area (Å²) in [4.78, 5) is 43.0. The molecule has 5 aromatic rings. The van der Waals surface area contributed by atoms with Crippen molar-refractivity contribution in [2.24, 2.45) is 5.73 Å². The number of alkyl carbamates (subject to hydrolysis) is 1. The van der Waals surface area contributed by atoms with Gasteiger partial charge in [0.05, 0.1) is 12.1 Å². The van der Waals surface area contributed by atoms with E-state index >= 15 is 0 Å². The van der Waals surface area contributed by atoms with Gasteiger partial charge in [-0.2, -0.15) is 0 Å². The molecule has 3 atom stereocenters. The maximum absolute atomic E-state index is 13.8. The molecule has 0 spiro atoms. The lowest BCUT2D eigenvalue weighted by atomic mass is 10.0. The van der Waals surface area contributed by atoms with E-state index in [-0.39, 0.29) is 25.5 Å². The molecular formula is C37H39N5O4. The Morgan fingerprint density at radius 1 is 0.674 bits per heavy atom. The Kier molecular flexibility index (Phi) is 11.2. The molecule has 1 heterocycles. The molecule has 236 valence electrons. The number of aromatic amines is 1. The first-order valence-electron chi connectivity index (χ1n) is 15.4. The van der Waals surface area contributed by atoms with E-state index in [2.05, 4.69) is 20.9 Å². The van der Waals surface area contributed by atoms with E-state index in [4.69, 9.17) is 10.5 Å². The SMILES string of the molecule is N[C@@H](Cc1c[nH]c2ccccc12)C(=O)N[C@@H](Cc1ccccc1)C(=O)N[C@@H](CNC(=O)OCc1ccccc1)Cc1ccccc1. The molecule has 0 unspecified atom stereocenters. The largest absolute Gasteiger partial charge is 0.445 e. The van der Waals surface area contributed by atoms with E-state index < -0.39 is 30.1 Å². The zero-order valence-corrected chi connectivity index (χ0v) is 25.5. The van der Waals surface area contributed by atoms with Crippen molar-refractivity contribution in [1.82, 2.24) is 20.9 Å². The third kappa shape index (κ3) is 9.30. The first kappa shape index (κ1) is 32.0. The van der Waals surface area contributed by atoms with Crippen LogP contribution in [-0.4, -0.2) is 47.6 Å². The van der Waals surface area contributed by atoms with Crippen molar-refractivity contribution in [1.29, 1.82) is 0 Å². The zero-order chi connectivity index (χ0) is 32.1. The van der Waals surface area contributed by atoms with E-state index in [1.807, 2.05) is 121 Å². The van der Waals surface area contributed by atoms with Crippen molar-refractivity contribution >= 4 is 28.8 Å². The molecule has 46 heavy (non-hydrogen) atoms. The molecule has 0 saturated heterocycles. The number of hydrogen-bond acceptors (Lipinski definition) is 5. The lowest BCUT2D eigenvalue weighted by Crippen LogP contribution is -2.56. The van der Waals surface area contributed by atoms with E-state index in [0.29, 0.717) is 12.8 Å². The zero-order valence-electron chi connectivity index (χ0n) is 25.5. The Labute approximate surface area is 268 Å². The Hall–Kier alpha value is -5.41. The van der Waals surface area contributed by atoms with Crippen molar-refractivity contribution < 1.29 is 19.1 Å². The monoisotopic (exact) mass is 617 g/mol. The van der Waals surface area contributed by atoms with Crippen LogP contribution in [-0.2, 0) is 40.2 Å². The third-order valence-electron chi connectivity index (χ3n) is 7.74. The van der Waals surface area contributed by atoms with Gasteiger partial charge in [-0.1, -0.05) is 109 Å². The molecule has 0 saturated carbocycles. The Morgan fingerprint density at radius 2 is 1.26 bits per heavy atom. The number of carbonyl (C=O) groups is 3. The molecule has 6 N–H and O–H groups in total. The molecule has 3 amide bonds. The fourth-order valence-corrected chi connectivity index (χ4v) is 5.32. The summed E-state index contributed by atoms with van der Waals surface area (Å²) in [5.74, 6) is -0.805. The van der Waals surface area contributed by atoms with Gasteiger partial charge in [-0.3, -0.25) is 9.59 Å². The number of nitrogens with one attached hydrogen (secondary N) is 4. The van der Waals surface area contributed by atoms with Gasteiger partial charge in [-0.25, -0.2) is 4.79 Å². The maximum atomic E-state index is 13.8. The predicted octanol–water partition coefficient (Wildman–Crippen LogP) is 4.42. The van der Waals surface area contributed by atoms with Crippen LogP contribution in [0.3, 0.4) is 0 Å². The number of amides is 3. The van der Waals surface area contributed by atoms with Crippen molar-refractivity contribution in [2.45, 2.75) is 44.0 Å². The molecule has 4 aromatic carbocycles. The Morgan fingerprint density at radius 3 is 1.93 bits per heavy atom. The van der Waals surface area contributed by atoms with Crippen LogP contribution in [0, 0.1) is 0 Å². The highest BCUT2D eigenvalue weighted by Crippen LogP contribution is 2.19. The van der Waals surface area contributed by atoms with Gasteiger partial charge in [0.25, 0.3) is 0 Å². The second kappa shape index (κ2) is 16.1. The number of fused-ring (bicyclic) bond motifs is 1. The fourth-order valence-electron chi connectivity index (χ4n) is 5.32. The number of nitrogens with two attached hydrogens (primary N) is 1. The lowest BCUT2D eigenvalue weighted by molar-refractivity contribution is -0.130. The highest BCUT2D eigenvalue weighted by molar-refractivity contribution is 5.91. The van der Waals surface area contributed by atoms with Crippen LogP contribution in [0.1, 0.15) is 22.3 Å². The molecule has 9 heteroatoms.